The minimum atomic E-state index is -0.866. The number of hydrogen-bond acceptors (Lipinski definition) is 5. The molecule has 0 aliphatic carbocycles. The van der Waals surface area contributed by atoms with E-state index < -0.39 is 12.2 Å². The van der Waals surface area contributed by atoms with E-state index in [1.165, 1.54) is 4.90 Å². The molecule has 0 aromatic heterocycles. The molecule has 3 aromatic rings. The maximum atomic E-state index is 12.5. The van der Waals surface area contributed by atoms with E-state index in [0.717, 1.165) is 5.56 Å². The van der Waals surface area contributed by atoms with Gasteiger partial charge in [-0.2, -0.15) is 0 Å². The number of imide groups is 1. The average Bonchev–Trinajstić information content (AvgIpc) is 3.06. The second-order valence-corrected chi connectivity index (χ2v) is 7.72. The summed E-state index contributed by atoms with van der Waals surface area (Å²) < 4.78 is 11.2. The predicted octanol–water partition coefficient (Wildman–Crippen LogP) is 5.08. The second-order valence-electron chi connectivity index (χ2n) is 7.72. The third-order valence-electron chi connectivity index (χ3n) is 5.44. The van der Waals surface area contributed by atoms with Crippen LogP contribution in [-0.2, 0) is 4.74 Å². The molecule has 2 N–H and O–H groups in total. The van der Waals surface area contributed by atoms with Crippen molar-refractivity contribution in [3.05, 3.63) is 95.6 Å². The van der Waals surface area contributed by atoms with E-state index >= 15 is 0 Å². The Morgan fingerprint density at radius 2 is 1.45 bits per heavy atom. The van der Waals surface area contributed by atoms with Gasteiger partial charge in [-0.25, -0.2) is 4.79 Å². The van der Waals surface area contributed by atoms with Gasteiger partial charge < -0.3 is 15.2 Å². The van der Waals surface area contributed by atoms with Crippen molar-refractivity contribution < 1.29 is 23.9 Å². The molecule has 0 spiro atoms. The SMILES string of the molecule is NC(=O)OC(CCCCN1C(=O)c2ccccc2C1=O)c1cccc(Oc2ccccc2)c1. The highest BCUT2D eigenvalue weighted by Crippen LogP contribution is 2.29. The number of primary amides is 1. The van der Waals surface area contributed by atoms with Crippen molar-refractivity contribution in [1.82, 2.24) is 4.90 Å². The lowest BCUT2D eigenvalue weighted by atomic mass is 10.0. The summed E-state index contributed by atoms with van der Waals surface area (Å²) in [4.78, 5) is 37.7. The van der Waals surface area contributed by atoms with Gasteiger partial charge >= 0.3 is 6.09 Å². The van der Waals surface area contributed by atoms with Crippen LogP contribution < -0.4 is 10.5 Å². The van der Waals surface area contributed by atoms with Gasteiger partial charge in [0.05, 0.1) is 11.1 Å². The summed E-state index contributed by atoms with van der Waals surface area (Å²) >= 11 is 0. The number of unbranched alkanes of at least 4 members (excludes halogenated alkanes) is 1. The fourth-order valence-electron chi connectivity index (χ4n) is 3.88. The minimum Gasteiger partial charge on any atom is -0.457 e. The zero-order valence-electron chi connectivity index (χ0n) is 18.0. The number of carbonyl (C=O) groups excluding carboxylic acids is 3. The second kappa shape index (κ2) is 9.99. The number of nitrogens with zero attached hydrogens (tertiary/aromatic N) is 1. The smallest absolute Gasteiger partial charge is 0.405 e. The van der Waals surface area contributed by atoms with Gasteiger partial charge in [-0.05, 0) is 61.2 Å². The van der Waals surface area contributed by atoms with Crippen molar-refractivity contribution in [3.63, 3.8) is 0 Å². The molecular weight excluding hydrogens is 420 g/mol. The first-order valence-corrected chi connectivity index (χ1v) is 10.8. The molecule has 3 amide bonds. The lowest BCUT2D eigenvalue weighted by Crippen LogP contribution is -2.30. The lowest BCUT2D eigenvalue weighted by molar-refractivity contribution is 0.0648. The summed E-state index contributed by atoms with van der Waals surface area (Å²) in [6, 6.07) is 23.5. The summed E-state index contributed by atoms with van der Waals surface area (Å²) in [5, 5.41) is 0. The zero-order valence-corrected chi connectivity index (χ0v) is 18.0. The van der Waals surface area contributed by atoms with Crippen LogP contribution in [0.1, 0.15) is 51.6 Å². The molecule has 1 aliphatic heterocycles. The van der Waals surface area contributed by atoms with Crippen LogP contribution in [-0.4, -0.2) is 29.4 Å². The first kappa shape index (κ1) is 22.1. The molecule has 4 rings (SSSR count). The van der Waals surface area contributed by atoms with Crippen molar-refractivity contribution in [2.45, 2.75) is 25.4 Å². The van der Waals surface area contributed by atoms with Gasteiger partial charge in [-0.3, -0.25) is 14.5 Å². The standard InChI is InChI=1S/C26H24N2O5/c27-26(31)33-23(18-9-8-12-20(17-18)32-19-10-2-1-3-11-19)15-6-7-16-28-24(29)21-13-4-5-14-22(21)25(28)30/h1-5,8-14,17,23H,6-7,15-16H2,(H2,27,31). The Morgan fingerprint density at radius 1 is 0.818 bits per heavy atom. The largest absolute Gasteiger partial charge is 0.457 e. The quantitative estimate of drug-likeness (QED) is 0.366. The van der Waals surface area contributed by atoms with Crippen LogP contribution in [0.3, 0.4) is 0 Å². The molecule has 7 nitrogen and oxygen atoms in total. The van der Waals surface area contributed by atoms with Crippen LogP contribution in [0, 0.1) is 0 Å². The van der Waals surface area contributed by atoms with Crippen LogP contribution in [0.25, 0.3) is 0 Å². The van der Waals surface area contributed by atoms with Gasteiger partial charge in [0.25, 0.3) is 11.8 Å². The molecule has 0 saturated carbocycles. The lowest BCUT2D eigenvalue weighted by Gasteiger charge is -2.19. The Labute approximate surface area is 191 Å². The number of fused-ring (bicyclic) bond motifs is 1. The van der Waals surface area contributed by atoms with Crippen molar-refractivity contribution in [2.24, 2.45) is 5.73 Å². The van der Waals surface area contributed by atoms with Gasteiger partial charge in [-0.15, -0.1) is 0 Å². The number of amides is 3. The van der Waals surface area contributed by atoms with Crippen molar-refractivity contribution in [3.8, 4) is 11.5 Å². The number of benzene rings is 3. The van der Waals surface area contributed by atoms with E-state index in [-0.39, 0.29) is 11.8 Å². The molecule has 1 heterocycles. The first-order valence-electron chi connectivity index (χ1n) is 10.8. The molecular formula is C26H24N2O5. The number of para-hydroxylation sites is 1. The van der Waals surface area contributed by atoms with E-state index in [0.29, 0.717) is 48.4 Å². The summed E-state index contributed by atoms with van der Waals surface area (Å²) in [5.74, 6) is 0.767. The van der Waals surface area contributed by atoms with Crippen LogP contribution in [0.4, 0.5) is 4.79 Å². The predicted molar refractivity (Wildman–Crippen MR) is 122 cm³/mol. The topological polar surface area (TPSA) is 98.9 Å². The van der Waals surface area contributed by atoms with Crippen molar-refractivity contribution >= 4 is 17.9 Å². The molecule has 0 fully saturated rings. The fraction of sp³-hybridized carbons (Fsp3) is 0.192. The number of nitrogens with two attached hydrogens (primary N) is 1. The molecule has 7 heteroatoms. The Balaban J connectivity index is 1.37. The van der Waals surface area contributed by atoms with E-state index in [1.807, 2.05) is 54.6 Å². The number of hydrogen-bond donors (Lipinski definition) is 1. The average molecular weight is 444 g/mol. The monoisotopic (exact) mass is 444 g/mol. The zero-order chi connectivity index (χ0) is 23.2. The molecule has 1 unspecified atom stereocenters. The van der Waals surface area contributed by atoms with Gasteiger partial charge in [-0.1, -0.05) is 42.5 Å². The van der Waals surface area contributed by atoms with Crippen LogP contribution in [0.5, 0.6) is 11.5 Å². The molecule has 3 aromatic carbocycles. The van der Waals surface area contributed by atoms with E-state index in [9.17, 15) is 14.4 Å². The Morgan fingerprint density at radius 3 is 2.12 bits per heavy atom. The maximum Gasteiger partial charge on any atom is 0.405 e. The van der Waals surface area contributed by atoms with Crippen LogP contribution in [0.2, 0.25) is 0 Å². The highest BCUT2D eigenvalue weighted by atomic mass is 16.6. The van der Waals surface area contributed by atoms with E-state index in [2.05, 4.69) is 0 Å². The Bertz CT molecular complexity index is 1130. The maximum absolute atomic E-state index is 12.5. The third-order valence-corrected chi connectivity index (χ3v) is 5.44. The van der Waals surface area contributed by atoms with Crippen molar-refractivity contribution in [1.29, 1.82) is 0 Å². The fourth-order valence-corrected chi connectivity index (χ4v) is 3.88. The summed E-state index contributed by atoms with van der Waals surface area (Å²) in [7, 11) is 0. The van der Waals surface area contributed by atoms with E-state index in [1.54, 1.807) is 24.3 Å². The molecule has 1 atom stereocenters. The summed E-state index contributed by atoms with van der Waals surface area (Å²) in [6.07, 6.45) is 0.249. The molecule has 0 radical (unpaired) electrons. The number of ether oxygens (including phenoxy) is 2. The molecule has 168 valence electrons. The van der Waals surface area contributed by atoms with Crippen molar-refractivity contribution in [2.75, 3.05) is 6.54 Å². The number of rotatable bonds is 9. The highest BCUT2D eigenvalue weighted by molar-refractivity contribution is 6.21. The normalized spacial score (nSPS) is 13.5. The van der Waals surface area contributed by atoms with E-state index in [4.69, 9.17) is 15.2 Å². The molecule has 0 saturated heterocycles. The molecule has 33 heavy (non-hydrogen) atoms. The third kappa shape index (κ3) is 5.20. The van der Waals surface area contributed by atoms with Gasteiger partial charge in [0, 0.05) is 6.54 Å². The highest BCUT2D eigenvalue weighted by Gasteiger charge is 2.34. The Hall–Kier alpha value is -4.13. The summed E-state index contributed by atoms with van der Waals surface area (Å²) in [5.41, 5.74) is 6.92. The van der Waals surface area contributed by atoms with Gasteiger partial charge in [0.2, 0.25) is 0 Å². The molecule has 0 bridgehead atoms. The minimum absolute atomic E-state index is 0.272. The first-order chi connectivity index (χ1) is 16.0. The van der Waals surface area contributed by atoms with Gasteiger partial charge in [0.1, 0.15) is 17.6 Å². The number of carbonyl (C=O) groups is 3. The van der Waals surface area contributed by atoms with Crippen LogP contribution >= 0.6 is 0 Å². The Kier molecular flexibility index (Phi) is 6.69. The summed E-state index contributed by atoms with van der Waals surface area (Å²) in [6.45, 7) is 0.298. The van der Waals surface area contributed by atoms with Gasteiger partial charge in [0.15, 0.2) is 0 Å². The van der Waals surface area contributed by atoms with Crippen LogP contribution in [0.15, 0.2) is 78.9 Å². The molecule has 1 aliphatic rings.